The second kappa shape index (κ2) is 8.43. The summed E-state index contributed by atoms with van der Waals surface area (Å²) < 4.78 is 28.0. The van der Waals surface area contributed by atoms with Gasteiger partial charge in [0.15, 0.2) is 28.6 Å². The van der Waals surface area contributed by atoms with Crippen molar-refractivity contribution in [3.8, 4) is 23.0 Å². The lowest BCUT2D eigenvalue weighted by Crippen LogP contribution is -2.37. The first kappa shape index (κ1) is 20.9. The van der Waals surface area contributed by atoms with Gasteiger partial charge in [0.1, 0.15) is 0 Å². The van der Waals surface area contributed by atoms with Crippen LogP contribution in [0.5, 0.6) is 23.0 Å². The molecule has 0 aromatic heterocycles. The number of fused-ring (bicyclic) bond motifs is 1. The highest BCUT2D eigenvalue weighted by Crippen LogP contribution is 2.51. The average molecular weight is 439 g/mol. The lowest BCUT2D eigenvalue weighted by Gasteiger charge is -2.39. The summed E-state index contributed by atoms with van der Waals surface area (Å²) in [4.78, 5) is 13.6. The third-order valence-corrected chi connectivity index (χ3v) is 6.10. The van der Waals surface area contributed by atoms with E-state index in [0.717, 1.165) is 33.3 Å². The molecule has 1 aliphatic rings. The third kappa shape index (κ3) is 3.45. The molecule has 0 bridgehead atoms. The smallest absolute Gasteiger partial charge is 0.373 e. The van der Waals surface area contributed by atoms with Crippen LogP contribution in [0.3, 0.4) is 0 Å². The van der Waals surface area contributed by atoms with Crippen molar-refractivity contribution < 1.29 is 28.5 Å². The Kier molecular flexibility index (Phi) is 5.69. The summed E-state index contributed by atoms with van der Waals surface area (Å²) in [5.41, 5.74) is 1.08. The Hall–Kier alpha value is -3.32. The zero-order valence-electron chi connectivity index (χ0n) is 17.6. The van der Waals surface area contributed by atoms with Crippen molar-refractivity contribution in [2.24, 2.45) is 0 Å². The van der Waals surface area contributed by atoms with Crippen LogP contribution >= 0.6 is 11.8 Å². The first-order valence-electron chi connectivity index (χ1n) is 9.52. The Morgan fingerprint density at radius 3 is 1.74 bits per heavy atom. The van der Waals surface area contributed by atoms with E-state index in [-0.39, 0.29) is 0 Å². The fourth-order valence-corrected chi connectivity index (χ4v) is 4.66. The molecule has 31 heavy (non-hydrogen) atoms. The quantitative estimate of drug-likeness (QED) is 0.487. The van der Waals surface area contributed by atoms with Gasteiger partial charge in [-0.05, 0) is 42.1 Å². The van der Waals surface area contributed by atoms with E-state index in [1.807, 2.05) is 48.5 Å². The van der Waals surface area contributed by atoms with Crippen molar-refractivity contribution in [2.75, 3.05) is 28.4 Å². The van der Waals surface area contributed by atoms with Crippen LogP contribution in [-0.2, 0) is 10.3 Å². The number of cyclic esters (lactones) is 1. The Balaban J connectivity index is 2.05. The zero-order valence-corrected chi connectivity index (χ0v) is 18.4. The molecule has 0 aliphatic carbocycles. The average Bonchev–Trinajstić information content (AvgIpc) is 2.82. The molecule has 0 saturated carbocycles. The molecule has 1 aliphatic heterocycles. The summed E-state index contributed by atoms with van der Waals surface area (Å²) in [5.74, 6) is 2.23. The van der Waals surface area contributed by atoms with Gasteiger partial charge in [-0.3, -0.25) is 0 Å². The van der Waals surface area contributed by atoms with Crippen LogP contribution in [0.2, 0.25) is 0 Å². The highest BCUT2D eigenvalue weighted by atomic mass is 32.2. The molecule has 0 unspecified atom stereocenters. The minimum Gasteiger partial charge on any atom is -0.493 e. The third-order valence-electron chi connectivity index (χ3n) is 5.28. The highest BCUT2D eigenvalue weighted by Gasteiger charge is 2.46. The maximum atomic E-state index is 12.8. The molecule has 0 amide bonds. The number of hydrogen-bond acceptors (Lipinski definition) is 7. The Morgan fingerprint density at radius 1 is 0.710 bits per heavy atom. The maximum Gasteiger partial charge on any atom is 0.373 e. The number of rotatable bonds is 6. The number of methoxy groups -OCH3 is 4. The minimum atomic E-state index is -1.21. The molecule has 4 rings (SSSR count). The Labute approximate surface area is 185 Å². The maximum absolute atomic E-state index is 12.8. The van der Waals surface area contributed by atoms with Gasteiger partial charge >= 0.3 is 5.30 Å². The van der Waals surface area contributed by atoms with Gasteiger partial charge in [-0.1, -0.05) is 30.3 Å². The van der Waals surface area contributed by atoms with E-state index in [0.29, 0.717) is 23.0 Å². The highest BCUT2D eigenvalue weighted by molar-refractivity contribution is 8.13. The van der Waals surface area contributed by atoms with E-state index in [2.05, 4.69) is 0 Å². The van der Waals surface area contributed by atoms with Gasteiger partial charge in [0.2, 0.25) is 0 Å². The molecule has 0 fully saturated rings. The normalized spacial score (nSPS) is 14.3. The van der Waals surface area contributed by atoms with Gasteiger partial charge in [-0.15, -0.1) is 0 Å². The summed E-state index contributed by atoms with van der Waals surface area (Å²) in [6, 6.07) is 18.7. The predicted octanol–water partition coefficient (Wildman–Crippen LogP) is 5.26. The lowest BCUT2D eigenvalue weighted by atomic mass is 9.79. The molecular weight excluding hydrogens is 416 g/mol. The van der Waals surface area contributed by atoms with Crippen LogP contribution in [0.4, 0.5) is 4.79 Å². The van der Waals surface area contributed by atoms with Gasteiger partial charge in [-0.25, -0.2) is 4.79 Å². The van der Waals surface area contributed by atoms with E-state index in [4.69, 9.17) is 23.7 Å². The molecule has 7 heteroatoms. The molecule has 0 radical (unpaired) electrons. The second-order valence-corrected chi connectivity index (χ2v) is 7.75. The van der Waals surface area contributed by atoms with Crippen molar-refractivity contribution in [2.45, 2.75) is 10.5 Å². The van der Waals surface area contributed by atoms with Gasteiger partial charge < -0.3 is 23.7 Å². The molecule has 160 valence electrons. The van der Waals surface area contributed by atoms with Crippen molar-refractivity contribution in [3.63, 3.8) is 0 Å². The van der Waals surface area contributed by atoms with Crippen molar-refractivity contribution in [1.29, 1.82) is 0 Å². The Morgan fingerprint density at radius 2 is 1.23 bits per heavy atom. The number of hydrogen-bond donors (Lipinski definition) is 0. The van der Waals surface area contributed by atoms with Gasteiger partial charge in [0.25, 0.3) is 0 Å². The first-order chi connectivity index (χ1) is 15.1. The van der Waals surface area contributed by atoms with Crippen LogP contribution in [-0.4, -0.2) is 33.7 Å². The fourth-order valence-electron chi connectivity index (χ4n) is 3.84. The van der Waals surface area contributed by atoms with Crippen LogP contribution in [0.15, 0.2) is 65.6 Å². The SMILES string of the molecule is COc1ccc(C2(c3ccc(OC)c(OC)c3)OC(=O)Sc3ccccc32)cc1OC. The van der Waals surface area contributed by atoms with Crippen LogP contribution in [0.1, 0.15) is 16.7 Å². The van der Waals surface area contributed by atoms with E-state index < -0.39 is 10.9 Å². The Bertz CT molecular complexity index is 1070. The van der Waals surface area contributed by atoms with E-state index in [9.17, 15) is 4.79 Å². The van der Waals surface area contributed by atoms with Crippen molar-refractivity contribution in [3.05, 3.63) is 77.4 Å². The topological polar surface area (TPSA) is 63.2 Å². The summed E-state index contributed by atoms with van der Waals surface area (Å²) in [5, 5.41) is -0.400. The monoisotopic (exact) mass is 438 g/mol. The van der Waals surface area contributed by atoms with Crippen LogP contribution < -0.4 is 18.9 Å². The number of benzene rings is 3. The molecule has 3 aromatic carbocycles. The largest absolute Gasteiger partial charge is 0.493 e. The number of carbonyl (C=O) groups excluding carboxylic acids is 1. The molecule has 3 aromatic rings. The van der Waals surface area contributed by atoms with Crippen LogP contribution in [0, 0.1) is 0 Å². The lowest BCUT2D eigenvalue weighted by molar-refractivity contribution is 0.0842. The van der Waals surface area contributed by atoms with Gasteiger partial charge in [-0.2, -0.15) is 0 Å². The summed E-state index contributed by atoms with van der Waals surface area (Å²) >= 11 is 1.07. The van der Waals surface area contributed by atoms with Crippen molar-refractivity contribution in [1.82, 2.24) is 0 Å². The van der Waals surface area contributed by atoms with E-state index in [1.54, 1.807) is 40.6 Å². The minimum absolute atomic E-state index is 0.400. The van der Waals surface area contributed by atoms with Crippen molar-refractivity contribution >= 4 is 17.1 Å². The molecule has 6 nitrogen and oxygen atoms in total. The van der Waals surface area contributed by atoms with Crippen LogP contribution in [0.25, 0.3) is 0 Å². The van der Waals surface area contributed by atoms with E-state index in [1.165, 1.54) is 0 Å². The predicted molar refractivity (Wildman–Crippen MR) is 118 cm³/mol. The summed E-state index contributed by atoms with van der Waals surface area (Å²) in [6.45, 7) is 0. The number of ether oxygens (including phenoxy) is 5. The first-order valence-corrected chi connectivity index (χ1v) is 10.3. The molecule has 0 saturated heterocycles. The van der Waals surface area contributed by atoms with Gasteiger partial charge in [0.05, 0.1) is 28.4 Å². The summed E-state index contributed by atoms with van der Waals surface area (Å²) in [7, 11) is 6.30. The van der Waals surface area contributed by atoms with E-state index >= 15 is 0 Å². The molecular formula is C24H22O6S. The number of thioether (sulfide) groups is 1. The molecule has 0 spiro atoms. The van der Waals surface area contributed by atoms with Gasteiger partial charge in [0, 0.05) is 21.6 Å². The second-order valence-electron chi connectivity index (χ2n) is 6.77. The number of carbonyl (C=O) groups is 1. The molecule has 0 N–H and O–H groups in total. The summed E-state index contributed by atoms with van der Waals surface area (Å²) in [6.07, 6.45) is 0. The molecule has 0 atom stereocenters. The standard InChI is InChI=1S/C24H22O6S/c1-26-18-11-9-15(13-20(18)28-3)24(16-10-12-19(27-2)21(14-16)29-4)17-7-5-6-8-22(17)31-23(25)30-24/h5-14H,1-4H3. The fraction of sp³-hybridized carbons (Fsp3) is 0.208. The molecule has 1 heterocycles. The zero-order chi connectivity index (χ0) is 22.0.